The minimum Gasteiger partial charge on any atom is -0.399 e. The third-order valence-corrected chi connectivity index (χ3v) is 2.80. The first-order valence-corrected chi connectivity index (χ1v) is 5.88. The van der Waals surface area contributed by atoms with E-state index in [-0.39, 0.29) is 17.8 Å². The second-order valence-corrected chi connectivity index (χ2v) is 4.32. The molecule has 0 heterocycles. The molecule has 2 aromatic carbocycles. The summed E-state index contributed by atoms with van der Waals surface area (Å²) in [6.45, 7) is 0. The Balaban J connectivity index is 2.03. The minimum absolute atomic E-state index is 0.0629. The molecule has 0 unspecified atom stereocenters. The van der Waals surface area contributed by atoms with Crippen LogP contribution in [0.5, 0.6) is 0 Å². The Morgan fingerprint density at radius 2 is 1.58 bits per heavy atom. The van der Waals surface area contributed by atoms with E-state index in [4.69, 9.17) is 5.73 Å². The van der Waals surface area contributed by atoms with Crippen molar-refractivity contribution in [2.75, 3.05) is 5.73 Å². The van der Waals surface area contributed by atoms with Gasteiger partial charge in [0, 0.05) is 23.7 Å². The van der Waals surface area contributed by atoms with Crippen molar-refractivity contribution in [1.29, 1.82) is 0 Å². The lowest BCUT2D eigenvalue weighted by Crippen LogP contribution is -2.02. The number of halogens is 2. The number of carbonyl (C=O) groups excluding carboxylic acids is 1. The fraction of sp³-hybridized carbons (Fsp3) is 0.133. The van der Waals surface area contributed by atoms with Crippen LogP contribution >= 0.6 is 0 Å². The predicted molar refractivity (Wildman–Crippen MR) is 69.9 cm³/mol. The monoisotopic (exact) mass is 261 g/mol. The fourth-order valence-electron chi connectivity index (χ4n) is 1.80. The van der Waals surface area contributed by atoms with Gasteiger partial charge in [-0.1, -0.05) is 12.1 Å². The minimum atomic E-state index is -0.740. The largest absolute Gasteiger partial charge is 0.399 e. The highest BCUT2D eigenvalue weighted by molar-refractivity contribution is 5.96. The maximum absolute atomic E-state index is 13.0. The Kier molecular flexibility index (Phi) is 3.90. The van der Waals surface area contributed by atoms with Gasteiger partial charge in [-0.25, -0.2) is 8.78 Å². The van der Waals surface area contributed by atoms with Crippen LogP contribution in [0.3, 0.4) is 0 Å². The zero-order chi connectivity index (χ0) is 13.8. The number of aryl methyl sites for hydroxylation is 1. The highest BCUT2D eigenvalue weighted by atomic mass is 19.1. The first-order chi connectivity index (χ1) is 9.04. The van der Waals surface area contributed by atoms with Crippen LogP contribution in [0.1, 0.15) is 22.3 Å². The van der Waals surface area contributed by atoms with Crippen LogP contribution in [-0.4, -0.2) is 5.78 Å². The number of benzene rings is 2. The summed E-state index contributed by atoms with van der Waals surface area (Å²) >= 11 is 0. The lowest BCUT2D eigenvalue weighted by Gasteiger charge is -2.03. The number of Topliss-reactive ketones (excluding diaryl/α,β-unsaturated/α-hetero) is 1. The molecular weight excluding hydrogens is 248 g/mol. The van der Waals surface area contributed by atoms with Gasteiger partial charge in [0.1, 0.15) is 11.6 Å². The molecule has 0 amide bonds. The van der Waals surface area contributed by atoms with E-state index in [0.29, 0.717) is 12.1 Å². The average molecular weight is 261 g/mol. The Bertz CT molecular complexity index is 573. The van der Waals surface area contributed by atoms with Crippen LogP contribution in [0.25, 0.3) is 0 Å². The maximum atomic E-state index is 13.0. The molecule has 2 aromatic rings. The average Bonchev–Trinajstić information content (AvgIpc) is 2.36. The summed E-state index contributed by atoms with van der Waals surface area (Å²) in [6.07, 6.45) is 0.712. The summed E-state index contributed by atoms with van der Waals surface area (Å²) in [5, 5.41) is 0. The maximum Gasteiger partial charge on any atom is 0.163 e. The topological polar surface area (TPSA) is 43.1 Å². The third kappa shape index (κ3) is 3.61. The van der Waals surface area contributed by atoms with Crippen LogP contribution in [0.15, 0.2) is 42.5 Å². The normalized spacial score (nSPS) is 10.4. The second kappa shape index (κ2) is 5.61. The molecule has 98 valence electrons. The van der Waals surface area contributed by atoms with E-state index in [1.54, 1.807) is 12.1 Å². The third-order valence-electron chi connectivity index (χ3n) is 2.80. The van der Waals surface area contributed by atoms with Gasteiger partial charge in [0.2, 0.25) is 0 Å². The number of carbonyl (C=O) groups is 1. The summed E-state index contributed by atoms with van der Waals surface area (Å²) in [6, 6.07) is 10.0. The molecule has 0 aromatic heterocycles. The van der Waals surface area contributed by atoms with E-state index < -0.39 is 11.6 Å². The van der Waals surface area contributed by atoms with Gasteiger partial charge in [0.15, 0.2) is 5.78 Å². The zero-order valence-corrected chi connectivity index (χ0v) is 10.2. The molecule has 0 aliphatic heterocycles. The molecule has 0 atom stereocenters. The highest BCUT2D eigenvalue weighted by Crippen LogP contribution is 2.13. The predicted octanol–water partition coefficient (Wildman–Crippen LogP) is 3.36. The van der Waals surface area contributed by atoms with Gasteiger partial charge < -0.3 is 5.73 Å². The van der Waals surface area contributed by atoms with E-state index in [1.165, 1.54) is 0 Å². The number of ketones is 1. The van der Waals surface area contributed by atoms with Gasteiger partial charge in [-0.15, -0.1) is 0 Å². The van der Waals surface area contributed by atoms with Crippen LogP contribution in [-0.2, 0) is 6.42 Å². The number of hydrogen-bond donors (Lipinski definition) is 1. The first-order valence-electron chi connectivity index (χ1n) is 5.88. The Morgan fingerprint density at radius 1 is 1.00 bits per heavy atom. The molecule has 2 N–H and O–H groups in total. The fourth-order valence-corrected chi connectivity index (χ4v) is 1.80. The summed E-state index contributed by atoms with van der Waals surface area (Å²) in [4.78, 5) is 11.8. The SMILES string of the molecule is Nc1ccc(CCC(=O)c2cc(F)cc(F)c2)cc1. The molecule has 0 aliphatic rings. The molecule has 0 radical (unpaired) electrons. The second-order valence-electron chi connectivity index (χ2n) is 4.32. The van der Waals surface area contributed by atoms with Gasteiger partial charge in [-0.3, -0.25) is 4.79 Å². The van der Waals surface area contributed by atoms with Crippen molar-refractivity contribution in [3.05, 3.63) is 65.2 Å². The van der Waals surface area contributed by atoms with E-state index in [0.717, 1.165) is 23.8 Å². The summed E-state index contributed by atoms with van der Waals surface area (Å²) in [5.74, 6) is -1.76. The molecule has 0 saturated heterocycles. The van der Waals surface area contributed by atoms with Crippen LogP contribution < -0.4 is 5.73 Å². The van der Waals surface area contributed by atoms with E-state index in [1.807, 2.05) is 12.1 Å². The number of nitrogens with two attached hydrogens (primary N) is 1. The molecule has 4 heteroatoms. The Labute approximate surface area is 109 Å². The number of anilines is 1. The quantitative estimate of drug-likeness (QED) is 0.677. The standard InChI is InChI=1S/C15H13F2NO/c16-12-7-11(8-13(17)9-12)15(19)6-3-10-1-4-14(18)5-2-10/h1-2,4-5,7-9H,3,6,18H2. The van der Waals surface area contributed by atoms with E-state index in [2.05, 4.69) is 0 Å². The number of rotatable bonds is 4. The van der Waals surface area contributed by atoms with Gasteiger partial charge in [-0.05, 0) is 36.2 Å². The first kappa shape index (κ1) is 13.2. The lowest BCUT2D eigenvalue weighted by atomic mass is 10.0. The molecule has 0 aliphatic carbocycles. The summed E-state index contributed by atoms with van der Waals surface area (Å²) in [5.41, 5.74) is 7.23. The van der Waals surface area contributed by atoms with Gasteiger partial charge in [-0.2, -0.15) is 0 Å². The highest BCUT2D eigenvalue weighted by Gasteiger charge is 2.09. The molecule has 0 bridgehead atoms. The van der Waals surface area contributed by atoms with Crippen LogP contribution in [0, 0.1) is 11.6 Å². The van der Waals surface area contributed by atoms with Gasteiger partial charge >= 0.3 is 0 Å². The Morgan fingerprint density at radius 3 is 2.16 bits per heavy atom. The van der Waals surface area contributed by atoms with Gasteiger partial charge in [0.25, 0.3) is 0 Å². The molecular formula is C15H13F2NO. The van der Waals surface area contributed by atoms with Crippen molar-refractivity contribution >= 4 is 11.5 Å². The van der Waals surface area contributed by atoms with Gasteiger partial charge in [0.05, 0.1) is 0 Å². The smallest absolute Gasteiger partial charge is 0.163 e. The molecule has 0 saturated carbocycles. The molecule has 19 heavy (non-hydrogen) atoms. The van der Waals surface area contributed by atoms with E-state index in [9.17, 15) is 13.6 Å². The summed E-state index contributed by atoms with van der Waals surface area (Å²) in [7, 11) is 0. The number of hydrogen-bond acceptors (Lipinski definition) is 2. The van der Waals surface area contributed by atoms with Crippen molar-refractivity contribution < 1.29 is 13.6 Å². The van der Waals surface area contributed by atoms with Crippen LogP contribution in [0.4, 0.5) is 14.5 Å². The molecule has 2 rings (SSSR count). The number of nitrogen functional groups attached to an aromatic ring is 1. The van der Waals surface area contributed by atoms with Crippen LogP contribution in [0.2, 0.25) is 0 Å². The van der Waals surface area contributed by atoms with Crippen molar-refractivity contribution in [1.82, 2.24) is 0 Å². The Hall–Kier alpha value is -2.23. The van der Waals surface area contributed by atoms with Crippen molar-refractivity contribution in [3.8, 4) is 0 Å². The lowest BCUT2D eigenvalue weighted by molar-refractivity contribution is 0.0982. The van der Waals surface area contributed by atoms with Crippen molar-refractivity contribution in [3.63, 3.8) is 0 Å². The molecule has 0 fully saturated rings. The van der Waals surface area contributed by atoms with E-state index >= 15 is 0 Å². The van der Waals surface area contributed by atoms with Crippen molar-refractivity contribution in [2.45, 2.75) is 12.8 Å². The van der Waals surface area contributed by atoms with Crippen molar-refractivity contribution in [2.24, 2.45) is 0 Å². The molecule has 0 spiro atoms. The zero-order valence-electron chi connectivity index (χ0n) is 10.2. The molecule has 2 nitrogen and oxygen atoms in total. The summed E-state index contributed by atoms with van der Waals surface area (Å²) < 4.78 is 26.0.